The predicted molar refractivity (Wildman–Crippen MR) is 64.6 cm³/mol. The fraction of sp³-hybridized carbons (Fsp3) is 0.462. The van der Waals surface area contributed by atoms with Gasteiger partial charge in [-0.3, -0.25) is 4.79 Å². The van der Waals surface area contributed by atoms with Gasteiger partial charge in [0.1, 0.15) is 5.82 Å². The average molecular weight is 239 g/mol. The van der Waals surface area contributed by atoms with Crippen molar-refractivity contribution in [1.82, 2.24) is 4.90 Å². The van der Waals surface area contributed by atoms with Gasteiger partial charge < -0.3 is 9.64 Å². The normalized spacial score (nSPS) is 10.4. The molecule has 0 saturated heterocycles. The zero-order valence-corrected chi connectivity index (χ0v) is 10.5. The summed E-state index contributed by atoms with van der Waals surface area (Å²) in [6, 6.07) is 4.85. The zero-order valence-electron chi connectivity index (χ0n) is 10.5. The molecule has 0 heterocycles. The Bertz CT molecular complexity index is 393. The van der Waals surface area contributed by atoms with Gasteiger partial charge >= 0.3 is 0 Å². The maximum atomic E-state index is 13.7. The molecule has 0 bridgehead atoms. The minimum absolute atomic E-state index is 0.130. The first-order valence-corrected chi connectivity index (χ1v) is 5.57. The summed E-state index contributed by atoms with van der Waals surface area (Å²) in [7, 11) is 3.28. The van der Waals surface area contributed by atoms with Gasteiger partial charge in [0.2, 0.25) is 0 Å². The van der Waals surface area contributed by atoms with Crippen LogP contribution in [0.25, 0.3) is 0 Å². The van der Waals surface area contributed by atoms with E-state index < -0.39 is 5.82 Å². The van der Waals surface area contributed by atoms with Crippen molar-refractivity contribution in [1.29, 1.82) is 0 Å². The van der Waals surface area contributed by atoms with E-state index in [2.05, 4.69) is 0 Å². The number of carbonyl (C=O) groups excluding carboxylic acids is 1. The van der Waals surface area contributed by atoms with Gasteiger partial charge in [-0.15, -0.1) is 0 Å². The molecular formula is C13H18FNO2. The smallest absolute Gasteiger partial charge is 0.256 e. The van der Waals surface area contributed by atoms with Gasteiger partial charge in [-0.2, -0.15) is 0 Å². The minimum Gasteiger partial charge on any atom is -0.385 e. The molecule has 0 saturated carbocycles. The number of halogens is 1. The molecule has 0 aliphatic carbocycles. The number of hydrogen-bond acceptors (Lipinski definition) is 2. The summed E-state index contributed by atoms with van der Waals surface area (Å²) in [5.74, 6) is -0.724. The second kappa shape index (κ2) is 6.35. The predicted octanol–water partition coefficient (Wildman–Crippen LogP) is 2.24. The molecule has 94 valence electrons. The van der Waals surface area contributed by atoms with Gasteiger partial charge in [0.05, 0.1) is 5.56 Å². The Morgan fingerprint density at radius 1 is 1.47 bits per heavy atom. The molecule has 1 aromatic rings. The van der Waals surface area contributed by atoms with Gasteiger partial charge in [-0.1, -0.05) is 12.1 Å². The van der Waals surface area contributed by atoms with Crippen LogP contribution in [0.4, 0.5) is 4.39 Å². The topological polar surface area (TPSA) is 29.5 Å². The summed E-state index contributed by atoms with van der Waals surface area (Å²) < 4.78 is 18.6. The van der Waals surface area contributed by atoms with E-state index in [1.54, 1.807) is 33.2 Å². The van der Waals surface area contributed by atoms with Gasteiger partial charge in [0.15, 0.2) is 0 Å². The number of ether oxygens (including phenoxy) is 1. The van der Waals surface area contributed by atoms with Crippen LogP contribution in [-0.4, -0.2) is 38.1 Å². The fourth-order valence-corrected chi connectivity index (χ4v) is 1.57. The summed E-state index contributed by atoms with van der Waals surface area (Å²) >= 11 is 0. The van der Waals surface area contributed by atoms with E-state index >= 15 is 0 Å². The Balaban J connectivity index is 2.71. The van der Waals surface area contributed by atoms with Crippen LogP contribution < -0.4 is 0 Å². The first-order chi connectivity index (χ1) is 8.07. The van der Waals surface area contributed by atoms with Crippen LogP contribution in [0, 0.1) is 12.7 Å². The Morgan fingerprint density at radius 3 is 2.82 bits per heavy atom. The molecule has 1 rings (SSSR count). The second-order valence-corrected chi connectivity index (χ2v) is 4.01. The van der Waals surface area contributed by atoms with Crippen molar-refractivity contribution in [2.45, 2.75) is 13.3 Å². The Hall–Kier alpha value is -1.42. The molecule has 0 aromatic heterocycles. The van der Waals surface area contributed by atoms with Crippen molar-refractivity contribution in [2.24, 2.45) is 0 Å². The van der Waals surface area contributed by atoms with Crippen molar-refractivity contribution >= 4 is 5.91 Å². The van der Waals surface area contributed by atoms with Crippen molar-refractivity contribution in [3.8, 4) is 0 Å². The van der Waals surface area contributed by atoms with Gasteiger partial charge in [-0.05, 0) is 25.0 Å². The van der Waals surface area contributed by atoms with E-state index in [4.69, 9.17) is 4.74 Å². The molecular weight excluding hydrogens is 221 g/mol. The lowest BCUT2D eigenvalue weighted by atomic mass is 10.1. The molecule has 0 aliphatic heterocycles. The number of hydrogen-bond donors (Lipinski definition) is 0. The third kappa shape index (κ3) is 3.53. The van der Waals surface area contributed by atoms with Gasteiger partial charge in [0, 0.05) is 27.3 Å². The van der Waals surface area contributed by atoms with Gasteiger partial charge in [-0.25, -0.2) is 4.39 Å². The van der Waals surface area contributed by atoms with E-state index in [1.807, 2.05) is 0 Å². The number of amides is 1. The van der Waals surface area contributed by atoms with Crippen molar-refractivity contribution in [3.63, 3.8) is 0 Å². The van der Waals surface area contributed by atoms with Crippen LogP contribution >= 0.6 is 0 Å². The molecule has 0 N–H and O–H groups in total. The highest BCUT2D eigenvalue weighted by Crippen LogP contribution is 2.13. The maximum Gasteiger partial charge on any atom is 0.256 e. The lowest BCUT2D eigenvalue weighted by Crippen LogP contribution is -2.29. The monoisotopic (exact) mass is 239 g/mol. The first-order valence-electron chi connectivity index (χ1n) is 5.57. The van der Waals surface area contributed by atoms with Gasteiger partial charge in [0.25, 0.3) is 5.91 Å². The highest BCUT2D eigenvalue weighted by molar-refractivity contribution is 5.94. The molecule has 4 heteroatoms. The highest BCUT2D eigenvalue weighted by atomic mass is 19.1. The molecule has 0 atom stereocenters. The number of nitrogens with zero attached hydrogens (tertiary/aromatic N) is 1. The summed E-state index contributed by atoms with van der Waals surface area (Å²) in [6.45, 7) is 2.80. The SMILES string of the molecule is COCCCN(C)C(=O)c1cccc(C)c1F. The second-order valence-electron chi connectivity index (χ2n) is 4.01. The number of rotatable bonds is 5. The van der Waals surface area contributed by atoms with E-state index in [1.165, 1.54) is 11.0 Å². The molecule has 0 radical (unpaired) electrons. The average Bonchev–Trinajstić information content (AvgIpc) is 2.32. The number of methoxy groups -OCH3 is 1. The standard InChI is InChI=1S/C13H18FNO2/c1-10-6-4-7-11(12(10)14)13(16)15(2)8-5-9-17-3/h4,6-7H,5,8-9H2,1-3H3. The van der Waals surface area contributed by atoms with Crippen molar-refractivity contribution < 1.29 is 13.9 Å². The quantitative estimate of drug-likeness (QED) is 0.737. The third-order valence-electron chi connectivity index (χ3n) is 2.61. The zero-order chi connectivity index (χ0) is 12.8. The summed E-state index contributed by atoms with van der Waals surface area (Å²) in [6.07, 6.45) is 0.742. The Morgan fingerprint density at radius 2 is 2.18 bits per heavy atom. The van der Waals surface area contributed by atoms with Crippen molar-refractivity contribution in [2.75, 3.05) is 27.3 Å². The van der Waals surface area contributed by atoms with E-state index in [9.17, 15) is 9.18 Å². The molecule has 0 spiro atoms. The maximum absolute atomic E-state index is 13.7. The summed E-state index contributed by atoms with van der Waals surface area (Å²) in [4.78, 5) is 13.5. The van der Waals surface area contributed by atoms with Crippen LogP contribution in [0.2, 0.25) is 0 Å². The molecule has 0 fully saturated rings. The Labute approximate surface area is 101 Å². The van der Waals surface area contributed by atoms with Crippen molar-refractivity contribution in [3.05, 3.63) is 35.1 Å². The molecule has 1 aromatic carbocycles. The van der Waals surface area contributed by atoms with E-state index in [0.717, 1.165) is 6.42 Å². The highest BCUT2D eigenvalue weighted by Gasteiger charge is 2.16. The lowest BCUT2D eigenvalue weighted by molar-refractivity contribution is 0.0774. The van der Waals surface area contributed by atoms with Crippen LogP contribution in [0.1, 0.15) is 22.3 Å². The molecule has 1 amide bonds. The third-order valence-corrected chi connectivity index (χ3v) is 2.61. The number of benzene rings is 1. The minimum atomic E-state index is -0.434. The number of carbonyl (C=O) groups is 1. The largest absolute Gasteiger partial charge is 0.385 e. The van der Waals surface area contributed by atoms with Crippen LogP contribution in [0.5, 0.6) is 0 Å². The molecule has 17 heavy (non-hydrogen) atoms. The molecule has 3 nitrogen and oxygen atoms in total. The molecule has 0 aliphatic rings. The van der Waals surface area contributed by atoms with Crippen LogP contribution in [0.15, 0.2) is 18.2 Å². The van der Waals surface area contributed by atoms with Crippen LogP contribution in [-0.2, 0) is 4.74 Å². The van der Waals surface area contributed by atoms with Crippen LogP contribution in [0.3, 0.4) is 0 Å². The summed E-state index contributed by atoms with van der Waals surface area (Å²) in [5, 5.41) is 0. The summed E-state index contributed by atoms with van der Waals surface area (Å²) in [5.41, 5.74) is 0.617. The number of aryl methyl sites for hydroxylation is 1. The van der Waals surface area contributed by atoms with E-state index in [-0.39, 0.29) is 11.5 Å². The first kappa shape index (κ1) is 13.6. The Kier molecular flexibility index (Phi) is 5.10. The lowest BCUT2D eigenvalue weighted by Gasteiger charge is -2.17. The van der Waals surface area contributed by atoms with E-state index in [0.29, 0.717) is 18.7 Å². The molecule has 0 unspecified atom stereocenters. The fourth-order valence-electron chi connectivity index (χ4n) is 1.57.